The molecule has 1 aliphatic heterocycles. The molecule has 2 heterocycles. The van der Waals surface area contributed by atoms with Gasteiger partial charge in [0.25, 0.3) is 11.5 Å². The van der Waals surface area contributed by atoms with E-state index in [2.05, 4.69) is 4.98 Å². The fraction of sp³-hybridized carbons (Fsp3) is 0.182. The zero-order valence-electron chi connectivity index (χ0n) is 16.8. The summed E-state index contributed by atoms with van der Waals surface area (Å²) in [6.45, 7) is 0.408. The minimum atomic E-state index is -3.92. The molecule has 0 aliphatic carbocycles. The third-order valence-corrected chi connectivity index (χ3v) is 8.12. The van der Waals surface area contributed by atoms with Crippen LogP contribution in [0.5, 0.6) is 0 Å². The number of halogens is 2. The van der Waals surface area contributed by atoms with Crippen LogP contribution < -0.4 is 5.56 Å². The van der Waals surface area contributed by atoms with E-state index < -0.39 is 21.5 Å². The average molecular weight is 492 g/mol. The number of nitrogens with one attached hydrogen (secondary N) is 1. The van der Waals surface area contributed by atoms with E-state index in [9.17, 15) is 18.0 Å². The molecule has 1 fully saturated rings. The van der Waals surface area contributed by atoms with Gasteiger partial charge in [-0.15, -0.1) is 0 Å². The van der Waals surface area contributed by atoms with Crippen molar-refractivity contribution in [2.45, 2.75) is 4.90 Å². The second-order valence-corrected chi connectivity index (χ2v) is 9.92. The highest BCUT2D eigenvalue weighted by atomic mass is 35.5. The van der Waals surface area contributed by atoms with Crippen LogP contribution in [0.1, 0.15) is 10.4 Å². The van der Waals surface area contributed by atoms with Crippen LogP contribution in [0.15, 0.2) is 70.4 Å². The molecule has 10 heteroatoms. The van der Waals surface area contributed by atoms with Crippen molar-refractivity contribution in [1.29, 1.82) is 0 Å². The third-order valence-electron chi connectivity index (χ3n) is 5.27. The lowest BCUT2D eigenvalue weighted by atomic mass is 10.1. The number of pyridine rings is 1. The fourth-order valence-corrected chi connectivity index (χ4v) is 6.10. The first kappa shape index (κ1) is 22.5. The second-order valence-electron chi connectivity index (χ2n) is 7.23. The number of amides is 1. The molecule has 166 valence electrons. The number of carbonyl (C=O) groups is 1. The van der Waals surface area contributed by atoms with Crippen molar-refractivity contribution in [3.05, 3.63) is 86.6 Å². The minimum absolute atomic E-state index is 0.00939. The number of carbonyl (C=O) groups excluding carboxylic acids is 1. The van der Waals surface area contributed by atoms with Crippen LogP contribution in [-0.4, -0.2) is 54.7 Å². The van der Waals surface area contributed by atoms with Gasteiger partial charge in [0, 0.05) is 31.9 Å². The van der Waals surface area contributed by atoms with Crippen molar-refractivity contribution in [2.24, 2.45) is 0 Å². The molecule has 1 saturated heterocycles. The van der Waals surface area contributed by atoms with Crippen molar-refractivity contribution < 1.29 is 13.2 Å². The molecule has 32 heavy (non-hydrogen) atoms. The van der Waals surface area contributed by atoms with E-state index in [0.717, 1.165) is 5.56 Å². The number of hydrogen-bond donors (Lipinski definition) is 1. The summed E-state index contributed by atoms with van der Waals surface area (Å²) in [6, 6.07) is 17.0. The highest BCUT2D eigenvalue weighted by Crippen LogP contribution is 2.32. The Kier molecular flexibility index (Phi) is 6.39. The molecule has 7 nitrogen and oxygen atoms in total. The first-order valence-electron chi connectivity index (χ1n) is 9.81. The molecule has 1 aliphatic rings. The molecule has 0 spiro atoms. The quantitative estimate of drug-likeness (QED) is 0.604. The van der Waals surface area contributed by atoms with Gasteiger partial charge in [0.1, 0.15) is 10.5 Å². The van der Waals surface area contributed by atoms with Crippen LogP contribution in [0, 0.1) is 0 Å². The van der Waals surface area contributed by atoms with E-state index in [1.54, 1.807) is 12.1 Å². The highest BCUT2D eigenvalue weighted by molar-refractivity contribution is 7.89. The topological polar surface area (TPSA) is 90.6 Å². The number of nitrogens with zero attached hydrogens (tertiary/aromatic N) is 2. The summed E-state index contributed by atoms with van der Waals surface area (Å²) in [5, 5.41) is 0.0853. The Balaban J connectivity index is 1.49. The molecule has 1 N–H and O–H groups in total. The SMILES string of the molecule is O=C(c1ccc(-c2ccccc2)[nH]c1=O)N1CCN(S(=O)(=O)c2c(Cl)cccc2Cl)CC1. The monoisotopic (exact) mass is 491 g/mol. The normalized spacial score (nSPS) is 15.0. The van der Waals surface area contributed by atoms with E-state index in [-0.39, 0.29) is 46.7 Å². The predicted molar refractivity (Wildman–Crippen MR) is 124 cm³/mol. The highest BCUT2D eigenvalue weighted by Gasteiger charge is 2.33. The smallest absolute Gasteiger partial charge is 0.261 e. The largest absolute Gasteiger partial charge is 0.336 e. The molecular weight excluding hydrogens is 473 g/mol. The van der Waals surface area contributed by atoms with Crippen LogP contribution in [0.25, 0.3) is 11.3 Å². The van der Waals surface area contributed by atoms with E-state index >= 15 is 0 Å². The Morgan fingerprint density at radius 1 is 0.844 bits per heavy atom. The van der Waals surface area contributed by atoms with Crippen LogP contribution in [0.4, 0.5) is 0 Å². The first-order valence-corrected chi connectivity index (χ1v) is 12.0. The number of piperazine rings is 1. The minimum Gasteiger partial charge on any atom is -0.336 e. The van der Waals surface area contributed by atoms with Gasteiger partial charge in [-0.3, -0.25) is 9.59 Å². The maximum atomic E-state index is 13.0. The van der Waals surface area contributed by atoms with Gasteiger partial charge in [-0.2, -0.15) is 4.31 Å². The van der Waals surface area contributed by atoms with E-state index in [4.69, 9.17) is 23.2 Å². The van der Waals surface area contributed by atoms with Gasteiger partial charge >= 0.3 is 0 Å². The first-order chi connectivity index (χ1) is 15.3. The van der Waals surface area contributed by atoms with Crippen molar-refractivity contribution in [2.75, 3.05) is 26.2 Å². The summed E-state index contributed by atoms with van der Waals surface area (Å²) in [5.74, 6) is -0.446. The van der Waals surface area contributed by atoms with Crippen molar-refractivity contribution in [3.8, 4) is 11.3 Å². The number of aromatic nitrogens is 1. The number of sulfonamides is 1. The Bertz CT molecular complexity index is 1300. The molecule has 0 radical (unpaired) electrons. The maximum absolute atomic E-state index is 13.0. The third kappa shape index (κ3) is 4.31. The maximum Gasteiger partial charge on any atom is 0.261 e. The van der Waals surface area contributed by atoms with Gasteiger partial charge in [-0.25, -0.2) is 8.42 Å². The van der Waals surface area contributed by atoms with Crippen LogP contribution >= 0.6 is 23.2 Å². The lowest BCUT2D eigenvalue weighted by molar-refractivity contribution is 0.0696. The summed E-state index contributed by atoms with van der Waals surface area (Å²) in [5.41, 5.74) is 0.963. The zero-order valence-corrected chi connectivity index (χ0v) is 19.1. The fourth-order valence-electron chi connectivity index (χ4n) is 3.59. The molecule has 0 saturated carbocycles. The standard InChI is InChI=1S/C22H19Cl2N3O4S/c23-17-7-4-8-18(24)20(17)32(30,31)27-13-11-26(12-14-27)22(29)16-9-10-19(25-21(16)28)15-5-2-1-3-6-15/h1-10H,11-14H2,(H,25,28). The van der Waals surface area contributed by atoms with Gasteiger partial charge in [0.15, 0.2) is 0 Å². The molecule has 3 aromatic rings. The Labute approximate surface area is 195 Å². The van der Waals surface area contributed by atoms with Crippen molar-refractivity contribution in [1.82, 2.24) is 14.2 Å². The average Bonchev–Trinajstić information content (AvgIpc) is 2.79. The molecule has 1 aromatic heterocycles. The van der Waals surface area contributed by atoms with Gasteiger partial charge in [0.05, 0.1) is 10.0 Å². The van der Waals surface area contributed by atoms with Gasteiger partial charge in [-0.05, 0) is 29.8 Å². The van der Waals surface area contributed by atoms with Crippen LogP contribution in [-0.2, 0) is 10.0 Å². The summed E-state index contributed by atoms with van der Waals surface area (Å²) in [6.07, 6.45) is 0. The van der Waals surface area contributed by atoms with Crippen LogP contribution in [0.3, 0.4) is 0 Å². The summed E-state index contributed by atoms with van der Waals surface area (Å²) < 4.78 is 27.2. The Hall–Kier alpha value is -2.65. The molecule has 0 bridgehead atoms. The van der Waals surface area contributed by atoms with E-state index in [1.165, 1.54) is 27.4 Å². The lowest BCUT2D eigenvalue weighted by Crippen LogP contribution is -2.51. The zero-order chi connectivity index (χ0) is 22.9. The van der Waals surface area contributed by atoms with Gasteiger partial charge in [-0.1, -0.05) is 59.6 Å². The summed E-state index contributed by atoms with van der Waals surface area (Å²) in [7, 11) is -3.92. The molecule has 4 rings (SSSR count). The van der Waals surface area contributed by atoms with Gasteiger partial charge < -0.3 is 9.88 Å². The van der Waals surface area contributed by atoms with Crippen LogP contribution in [0.2, 0.25) is 10.0 Å². The molecular formula is C22H19Cl2N3O4S. The number of H-pyrrole nitrogens is 1. The summed E-state index contributed by atoms with van der Waals surface area (Å²) in [4.78, 5) is 29.5. The molecule has 1 amide bonds. The number of benzene rings is 2. The number of aromatic amines is 1. The summed E-state index contributed by atoms with van der Waals surface area (Å²) >= 11 is 12.1. The van der Waals surface area contributed by atoms with Gasteiger partial charge in [0.2, 0.25) is 10.0 Å². The Morgan fingerprint density at radius 2 is 1.47 bits per heavy atom. The van der Waals surface area contributed by atoms with Crippen molar-refractivity contribution in [3.63, 3.8) is 0 Å². The lowest BCUT2D eigenvalue weighted by Gasteiger charge is -2.34. The predicted octanol–water partition coefficient (Wildman–Crippen LogP) is 3.50. The molecule has 0 unspecified atom stereocenters. The molecule has 2 aromatic carbocycles. The second kappa shape index (κ2) is 9.07. The van der Waals surface area contributed by atoms with Crippen molar-refractivity contribution >= 4 is 39.1 Å². The molecule has 0 atom stereocenters. The number of rotatable bonds is 4. The number of hydrogen-bond acceptors (Lipinski definition) is 4. The Morgan fingerprint density at radius 3 is 2.06 bits per heavy atom. The van der Waals surface area contributed by atoms with E-state index in [0.29, 0.717) is 5.69 Å². The van der Waals surface area contributed by atoms with E-state index in [1.807, 2.05) is 30.3 Å².